The lowest BCUT2D eigenvalue weighted by Crippen LogP contribution is -1.92. The Hall–Kier alpha value is -2.08. The molecule has 0 atom stereocenters. The molecule has 0 aliphatic rings. The molecule has 76 valence electrons. The molecule has 1 aromatic carbocycles. The van der Waals surface area contributed by atoms with E-state index in [0.29, 0.717) is 12.0 Å². The molecule has 0 bridgehead atoms. The first-order chi connectivity index (χ1) is 7.15. The molecule has 0 radical (unpaired) electrons. The third kappa shape index (κ3) is 2.96. The molecule has 0 heterocycles. The third-order valence-electron chi connectivity index (χ3n) is 1.92. The third-order valence-corrected chi connectivity index (χ3v) is 1.92. The van der Waals surface area contributed by atoms with Gasteiger partial charge in [0.25, 0.3) is 0 Å². The van der Waals surface area contributed by atoms with E-state index in [2.05, 4.69) is 0 Å². The fourth-order valence-electron chi connectivity index (χ4n) is 1.20. The van der Waals surface area contributed by atoms with Crippen LogP contribution in [0.1, 0.15) is 29.3 Å². The molecule has 0 aliphatic carbocycles. The summed E-state index contributed by atoms with van der Waals surface area (Å²) in [6.07, 6.45) is 3.75. The first kappa shape index (κ1) is 11.0. The predicted octanol–water partition coefficient (Wildman–Crippen LogP) is 2.52. The lowest BCUT2D eigenvalue weighted by molar-refractivity contribution is 0.101. The molecule has 1 rings (SSSR count). The van der Waals surface area contributed by atoms with E-state index in [9.17, 15) is 9.90 Å². The number of Topliss-reactive ketones (excluding diaryl/α,β-unsaturated/α-hetero) is 1. The van der Waals surface area contributed by atoms with E-state index in [1.165, 1.54) is 13.0 Å². The fraction of sp³-hybridized carbons (Fsp3) is 0.167. The number of allylic oxidation sites excluding steroid dienone is 1. The summed E-state index contributed by atoms with van der Waals surface area (Å²) in [6.45, 7) is 1.40. The Kier molecular flexibility index (Phi) is 3.64. The van der Waals surface area contributed by atoms with Crippen LogP contribution in [0.5, 0.6) is 5.75 Å². The Bertz CT molecular complexity index is 441. The van der Waals surface area contributed by atoms with Gasteiger partial charge in [-0.15, -0.1) is 0 Å². The lowest BCUT2D eigenvalue weighted by Gasteiger charge is -2.01. The van der Waals surface area contributed by atoms with Crippen LogP contribution in [0.4, 0.5) is 0 Å². The summed E-state index contributed by atoms with van der Waals surface area (Å²) >= 11 is 0. The lowest BCUT2D eigenvalue weighted by atomic mass is 10.1. The predicted molar refractivity (Wildman–Crippen MR) is 57.4 cm³/mol. The maximum absolute atomic E-state index is 11.0. The molecular weight excluding hydrogens is 190 g/mol. The van der Waals surface area contributed by atoms with E-state index in [0.717, 1.165) is 5.56 Å². The molecule has 0 fully saturated rings. The van der Waals surface area contributed by atoms with E-state index in [1.807, 2.05) is 6.07 Å². The summed E-state index contributed by atoms with van der Waals surface area (Å²) in [5, 5.41) is 17.8. The fourth-order valence-corrected chi connectivity index (χ4v) is 1.20. The summed E-state index contributed by atoms with van der Waals surface area (Å²) < 4.78 is 0. The number of nitriles is 1. The van der Waals surface area contributed by atoms with Crippen LogP contribution in [-0.2, 0) is 0 Å². The van der Waals surface area contributed by atoms with Gasteiger partial charge in [-0.2, -0.15) is 5.26 Å². The quantitative estimate of drug-likeness (QED) is 0.764. The van der Waals surface area contributed by atoms with Crippen molar-refractivity contribution >= 4 is 11.9 Å². The van der Waals surface area contributed by atoms with Gasteiger partial charge in [0.2, 0.25) is 0 Å². The average molecular weight is 201 g/mol. The normalized spacial score (nSPS) is 10.1. The maximum Gasteiger partial charge on any atom is 0.163 e. The Balaban J connectivity index is 2.93. The Labute approximate surface area is 88.3 Å². The monoisotopic (exact) mass is 201 g/mol. The first-order valence-corrected chi connectivity index (χ1v) is 4.52. The van der Waals surface area contributed by atoms with E-state index in [1.54, 1.807) is 24.3 Å². The van der Waals surface area contributed by atoms with Crippen molar-refractivity contribution < 1.29 is 9.90 Å². The maximum atomic E-state index is 11.0. The van der Waals surface area contributed by atoms with Gasteiger partial charge >= 0.3 is 0 Å². The number of benzene rings is 1. The van der Waals surface area contributed by atoms with Crippen molar-refractivity contribution in [1.82, 2.24) is 0 Å². The van der Waals surface area contributed by atoms with E-state index < -0.39 is 0 Å². The first-order valence-electron chi connectivity index (χ1n) is 4.52. The topological polar surface area (TPSA) is 61.1 Å². The summed E-state index contributed by atoms with van der Waals surface area (Å²) in [5.41, 5.74) is 1.08. The summed E-state index contributed by atoms with van der Waals surface area (Å²) in [7, 11) is 0. The summed E-state index contributed by atoms with van der Waals surface area (Å²) in [5.74, 6) is -0.193. The largest absolute Gasteiger partial charge is 0.507 e. The molecule has 3 nitrogen and oxygen atoms in total. The highest BCUT2D eigenvalue weighted by Gasteiger charge is 2.05. The average Bonchev–Trinajstić information content (AvgIpc) is 2.17. The molecule has 0 spiro atoms. The number of phenols is 1. The number of phenolic OH excluding ortho intramolecular Hbond substituents is 1. The summed E-state index contributed by atoms with van der Waals surface area (Å²) in [4.78, 5) is 11.0. The van der Waals surface area contributed by atoms with Gasteiger partial charge < -0.3 is 5.11 Å². The minimum atomic E-state index is -0.167. The van der Waals surface area contributed by atoms with Crippen molar-refractivity contribution in [1.29, 1.82) is 5.26 Å². The van der Waals surface area contributed by atoms with Gasteiger partial charge in [-0.25, -0.2) is 0 Å². The Morgan fingerprint density at radius 1 is 1.60 bits per heavy atom. The molecule has 0 aromatic heterocycles. The van der Waals surface area contributed by atoms with Crippen LogP contribution in [-0.4, -0.2) is 10.9 Å². The zero-order valence-electron chi connectivity index (χ0n) is 8.40. The molecule has 15 heavy (non-hydrogen) atoms. The van der Waals surface area contributed by atoms with Gasteiger partial charge in [0.15, 0.2) is 5.78 Å². The summed E-state index contributed by atoms with van der Waals surface area (Å²) in [6, 6.07) is 6.78. The van der Waals surface area contributed by atoms with Crippen LogP contribution in [0.15, 0.2) is 24.3 Å². The van der Waals surface area contributed by atoms with Crippen LogP contribution in [0.25, 0.3) is 6.08 Å². The standard InChI is InChI=1S/C12H11NO2/c1-9(14)11-6-5-10(8-12(11)15)4-2-3-7-13/h2,4-6,8,15H,3H2,1H3. The van der Waals surface area contributed by atoms with Gasteiger partial charge in [-0.1, -0.05) is 18.2 Å². The Morgan fingerprint density at radius 3 is 2.87 bits per heavy atom. The van der Waals surface area contributed by atoms with Crippen LogP contribution >= 0.6 is 0 Å². The second-order valence-electron chi connectivity index (χ2n) is 3.10. The molecule has 0 unspecified atom stereocenters. The number of carbonyl (C=O) groups excluding carboxylic acids is 1. The molecule has 0 saturated heterocycles. The molecule has 0 saturated carbocycles. The van der Waals surface area contributed by atoms with E-state index in [-0.39, 0.29) is 11.5 Å². The highest BCUT2D eigenvalue weighted by atomic mass is 16.3. The molecule has 3 heteroatoms. The van der Waals surface area contributed by atoms with E-state index in [4.69, 9.17) is 5.26 Å². The number of hydrogen-bond donors (Lipinski definition) is 1. The van der Waals surface area contributed by atoms with Crippen molar-refractivity contribution in [3.05, 3.63) is 35.4 Å². The van der Waals surface area contributed by atoms with Gasteiger partial charge in [0.1, 0.15) is 5.75 Å². The highest BCUT2D eigenvalue weighted by molar-refractivity contribution is 5.96. The van der Waals surface area contributed by atoms with Gasteiger partial charge in [0, 0.05) is 0 Å². The molecule has 1 N–H and O–H groups in total. The zero-order chi connectivity index (χ0) is 11.3. The minimum Gasteiger partial charge on any atom is -0.507 e. The van der Waals surface area contributed by atoms with E-state index >= 15 is 0 Å². The number of carbonyl (C=O) groups is 1. The van der Waals surface area contributed by atoms with Crippen molar-refractivity contribution in [2.24, 2.45) is 0 Å². The molecule has 0 amide bonds. The van der Waals surface area contributed by atoms with Crippen LogP contribution in [0.2, 0.25) is 0 Å². The minimum absolute atomic E-state index is 0.0263. The second kappa shape index (κ2) is 4.97. The number of ketones is 1. The van der Waals surface area contributed by atoms with Crippen LogP contribution in [0.3, 0.4) is 0 Å². The van der Waals surface area contributed by atoms with Gasteiger partial charge in [0.05, 0.1) is 18.1 Å². The number of aromatic hydroxyl groups is 1. The van der Waals surface area contributed by atoms with Gasteiger partial charge in [-0.05, 0) is 24.6 Å². The smallest absolute Gasteiger partial charge is 0.163 e. The van der Waals surface area contributed by atoms with Gasteiger partial charge in [-0.3, -0.25) is 4.79 Å². The van der Waals surface area contributed by atoms with Crippen molar-refractivity contribution in [3.63, 3.8) is 0 Å². The van der Waals surface area contributed by atoms with Crippen molar-refractivity contribution in [3.8, 4) is 11.8 Å². The Morgan fingerprint density at radius 2 is 2.33 bits per heavy atom. The van der Waals surface area contributed by atoms with Crippen LogP contribution < -0.4 is 0 Å². The molecule has 0 aliphatic heterocycles. The second-order valence-corrected chi connectivity index (χ2v) is 3.10. The van der Waals surface area contributed by atoms with Crippen molar-refractivity contribution in [2.75, 3.05) is 0 Å². The molecule has 1 aromatic rings. The molecular formula is C12H11NO2. The number of nitrogens with zero attached hydrogens (tertiary/aromatic N) is 1. The zero-order valence-corrected chi connectivity index (χ0v) is 8.40. The van der Waals surface area contributed by atoms with Crippen molar-refractivity contribution in [2.45, 2.75) is 13.3 Å². The van der Waals surface area contributed by atoms with Crippen LogP contribution in [0, 0.1) is 11.3 Å². The SMILES string of the molecule is CC(=O)c1ccc(C=CCC#N)cc1O. The highest BCUT2D eigenvalue weighted by Crippen LogP contribution is 2.20. The number of hydrogen-bond acceptors (Lipinski definition) is 3. The number of rotatable bonds is 3.